The van der Waals surface area contributed by atoms with Crippen molar-refractivity contribution in [3.63, 3.8) is 0 Å². The van der Waals surface area contributed by atoms with E-state index in [1.54, 1.807) is 0 Å². The number of carbonyl (C=O) groups is 1. The second-order valence-corrected chi connectivity index (χ2v) is 7.36. The molecule has 0 spiro atoms. The van der Waals surface area contributed by atoms with E-state index in [2.05, 4.69) is 4.72 Å². The molecule has 2 aliphatic heterocycles. The van der Waals surface area contributed by atoms with Crippen molar-refractivity contribution in [3.8, 4) is 0 Å². The van der Waals surface area contributed by atoms with Gasteiger partial charge in [-0.25, -0.2) is 0 Å². The number of nitrogens with one attached hydrogen (secondary N) is 1. The van der Waals surface area contributed by atoms with Crippen LogP contribution in [0.15, 0.2) is 0 Å². The summed E-state index contributed by atoms with van der Waals surface area (Å²) in [6, 6.07) is 0. The van der Waals surface area contributed by atoms with Gasteiger partial charge in [-0.1, -0.05) is 0 Å². The third-order valence-corrected chi connectivity index (χ3v) is 5.87. The van der Waals surface area contributed by atoms with E-state index in [1.165, 1.54) is 4.31 Å². The summed E-state index contributed by atoms with van der Waals surface area (Å²) < 4.78 is 33.8. The van der Waals surface area contributed by atoms with Gasteiger partial charge in [0.15, 0.2) is 0 Å². The zero-order valence-corrected chi connectivity index (χ0v) is 12.6. The van der Waals surface area contributed by atoms with Crippen LogP contribution in [0.25, 0.3) is 0 Å². The van der Waals surface area contributed by atoms with Crippen molar-refractivity contribution in [1.82, 2.24) is 9.03 Å². The molecule has 0 bridgehead atoms. The van der Waals surface area contributed by atoms with Gasteiger partial charge in [-0.2, -0.15) is 17.4 Å². The zero-order chi connectivity index (χ0) is 15.5. The van der Waals surface area contributed by atoms with Crippen LogP contribution in [0.1, 0.15) is 25.7 Å². The number of aliphatic hydroxyl groups is 1. The first-order valence-corrected chi connectivity index (χ1v) is 8.53. The molecule has 1 atom stereocenters. The number of aliphatic hydroxyl groups excluding tert-OH is 1. The highest BCUT2D eigenvalue weighted by Gasteiger charge is 2.40. The third kappa shape index (κ3) is 3.92. The Hall–Kier alpha value is -0.740. The molecule has 8 nitrogen and oxygen atoms in total. The van der Waals surface area contributed by atoms with Crippen LogP contribution in [0.3, 0.4) is 0 Å². The molecular weight excluding hydrogens is 300 g/mol. The molecule has 3 N–H and O–H groups in total. The Kier molecular flexibility index (Phi) is 5.20. The number of carboxylic acids is 1. The lowest BCUT2D eigenvalue weighted by Gasteiger charge is -2.39. The molecule has 2 aliphatic rings. The molecule has 2 fully saturated rings. The van der Waals surface area contributed by atoms with Gasteiger partial charge in [0.05, 0.1) is 18.1 Å². The Labute approximate surface area is 124 Å². The Morgan fingerprint density at radius 1 is 1.38 bits per heavy atom. The van der Waals surface area contributed by atoms with Crippen molar-refractivity contribution in [3.05, 3.63) is 0 Å². The lowest BCUT2D eigenvalue weighted by atomic mass is 9.93. The normalized spacial score (nSPS) is 27.4. The van der Waals surface area contributed by atoms with E-state index in [9.17, 15) is 18.3 Å². The molecule has 0 radical (unpaired) electrons. The smallest absolute Gasteiger partial charge is 0.307 e. The van der Waals surface area contributed by atoms with Crippen molar-refractivity contribution in [2.24, 2.45) is 5.92 Å². The van der Waals surface area contributed by atoms with E-state index in [0.29, 0.717) is 45.4 Å². The fraction of sp³-hybridized carbons (Fsp3) is 0.917. The molecule has 0 saturated carbocycles. The van der Waals surface area contributed by atoms with Gasteiger partial charge in [-0.15, -0.1) is 0 Å². The average molecular weight is 322 g/mol. The van der Waals surface area contributed by atoms with Crippen molar-refractivity contribution < 1.29 is 28.2 Å². The number of hydrogen-bond donors (Lipinski definition) is 3. The molecule has 2 heterocycles. The first kappa shape index (κ1) is 16.6. The van der Waals surface area contributed by atoms with E-state index in [1.807, 2.05) is 0 Å². The lowest BCUT2D eigenvalue weighted by Crippen LogP contribution is -2.59. The van der Waals surface area contributed by atoms with Gasteiger partial charge < -0.3 is 14.9 Å². The van der Waals surface area contributed by atoms with Crippen molar-refractivity contribution in [2.45, 2.75) is 31.2 Å². The fourth-order valence-corrected chi connectivity index (χ4v) is 4.45. The van der Waals surface area contributed by atoms with Crippen LogP contribution in [0.4, 0.5) is 0 Å². The predicted octanol–water partition coefficient (Wildman–Crippen LogP) is -0.841. The summed E-state index contributed by atoms with van der Waals surface area (Å²) in [6.45, 7) is 0.757. The number of nitrogens with zero attached hydrogens (tertiary/aromatic N) is 1. The Morgan fingerprint density at radius 2 is 2.05 bits per heavy atom. The summed E-state index contributed by atoms with van der Waals surface area (Å²) in [5, 5.41) is 18.6. The van der Waals surface area contributed by atoms with Crippen LogP contribution in [0.5, 0.6) is 0 Å². The monoisotopic (exact) mass is 322 g/mol. The number of rotatable bonds is 5. The molecule has 0 aliphatic carbocycles. The molecule has 2 saturated heterocycles. The Balaban J connectivity index is 2.08. The largest absolute Gasteiger partial charge is 0.481 e. The quantitative estimate of drug-likeness (QED) is 0.608. The molecule has 0 aromatic heterocycles. The van der Waals surface area contributed by atoms with Crippen LogP contribution in [-0.2, 0) is 19.7 Å². The van der Waals surface area contributed by atoms with Gasteiger partial charge in [0.25, 0.3) is 10.2 Å². The number of piperidine rings is 1. The highest BCUT2D eigenvalue weighted by Crippen LogP contribution is 2.24. The molecular formula is C12H22N2O6S. The first-order valence-electron chi connectivity index (χ1n) is 7.09. The molecule has 0 aromatic carbocycles. The molecule has 0 amide bonds. The van der Waals surface area contributed by atoms with Gasteiger partial charge in [-0.3, -0.25) is 4.79 Å². The van der Waals surface area contributed by atoms with Crippen LogP contribution in [0, 0.1) is 5.92 Å². The number of aliphatic carboxylic acids is 1. The molecule has 2 rings (SSSR count). The van der Waals surface area contributed by atoms with Gasteiger partial charge in [0, 0.05) is 26.3 Å². The molecule has 9 heteroatoms. The minimum atomic E-state index is -3.82. The van der Waals surface area contributed by atoms with Crippen LogP contribution in [-0.4, -0.2) is 67.4 Å². The summed E-state index contributed by atoms with van der Waals surface area (Å²) in [6.07, 6.45) is 1.81. The van der Waals surface area contributed by atoms with E-state index in [-0.39, 0.29) is 13.2 Å². The maximum absolute atomic E-state index is 12.5. The Morgan fingerprint density at radius 3 is 2.62 bits per heavy atom. The van der Waals surface area contributed by atoms with Crippen molar-refractivity contribution >= 4 is 16.2 Å². The van der Waals surface area contributed by atoms with Gasteiger partial charge in [0.1, 0.15) is 0 Å². The number of hydrogen-bond acceptors (Lipinski definition) is 5. The molecule has 21 heavy (non-hydrogen) atoms. The first-order chi connectivity index (χ1) is 9.88. The van der Waals surface area contributed by atoms with Gasteiger partial charge in [-0.05, 0) is 25.7 Å². The third-order valence-electron chi connectivity index (χ3n) is 4.17. The summed E-state index contributed by atoms with van der Waals surface area (Å²) >= 11 is 0. The SMILES string of the molecule is O=C(O)C1CCCN(S(=O)(=O)NC2(CO)CCOCC2)C1. The standard InChI is InChI=1S/C12H22N2O6S/c15-9-12(3-6-20-7-4-12)13-21(18,19)14-5-1-2-10(8-14)11(16)17/h10,13,15H,1-9H2,(H,16,17). The summed E-state index contributed by atoms with van der Waals surface area (Å²) in [4.78, 5) is 11.0. The van der Waals surface area contributed by atoms with Crippen molar-refractivity contribution in [1.29, 1.82) is 0 Å². The van der Waals surface area contributed by atoms with Crippen LogP contribution < -0.4 is 4.72 Å². The lowest BCUT2D eigenvalue weighted by molar-refractivity contribution is -0.142. The van der Waals surface area contributed by atoms with Crippen molar-refractivity contribution in [2.75, 3.05) is 32.9 Å². The Bertz CT molecular complexity index is 474. The van der Waals surface area contributed by atoms with E-state index in [0.717, 1.165) is 0 Å². The fourth-order valence-electron chi connectivity index (χ4n) is 2.76. The summed E-state index contributed by atoms with van der Waals surface area (Å²) in [5.74, 6) is -1.65. The highest BCUT2D eigenvalue weighted by atomic mass is 32.2. The van der Waals surface area contributed by atoms with E-state index >= 15 is 0 Å². The summed E-state index contributed by atoms with van der Waals surface area (Å²) in [5.41, 5.74) is -0.909. The highest BCUT2D eigenvalue weighted by molar-refractivity contribution is 7.87. The minimum Gasteiger partial charge on any atom is -0.481 e. The average Bonchev–Trinajstić information content (AvgIpc) is 2.48. The molecule has 0 aromatic rings. The van der Waals surface area contributed by atoms with Gasteiger partial charge in [0.2, 0.25) is 0 Å². The van der Waals surface area contributed by atoms with Gasteiger partial charge >= 0.3 is 5.97 Å². The second-order valence-electron chi connectivity index (χ2n) is 5.69. The van der Waals surface area contributed by atoms with E-state index in [4.69, 9.17) is 9.84 Å². The molecule has 1 unspecified atom stereocenters. The number of ether oxygens (including phenoxy) is 1. The summed E-state index contributed by atoms with van der Waals surface area (Å²) in [7, 11) is -3.82. The molecule has 122 valence electrons. The van der Waals surface area contributed by atoms with Crippen LogP contribution >= 0.6 is 0 Å². The number of carboxylic acid groups (broad SMARTS) is 1. The minimum absolute atomic E-state index is 0.0251. The van der Waals surface area contributed by atoms with Crippen LogP contribution in [0.2, 0.25) is 0 Å². The second kappa shape index (κ2) is 6.57. The predicted molar refractivity (Wildman–Crippen MR) is 73.9 cm³/mol. The van der Waals surface area contributed by atoms with E-state index < -0.39 is 27.6 Å². The zero-order valence-electron chi connectivity index (χ0n) is 11.8. The maximum Gasteiger partial charge on any atom is 0.307 e. The maximum atomic E-state index is 12.5. The topological polar surface area (TPSA) is 116 Å².